The molecule has 1 amide bonds. The van der Waals surface area contributed by atoms with E-state index in [0.29, 0.717) is 32.1 Å². The minimum atomic E-state index is -0.280. The molecule has 1 saturated heterocycles. The summed E-state index contributed by atoms with van der Waals surface area (Å²) in [7, 11) is 0. The predicted octanol–water partition coefficient (Wildman–Crippen LogP) is 1.82. The van der Waals surface area contributed by atoms with Crippen LogP contribution in [0, 0.1) is 5.82 Å². The van der Waals surface area contributed by atoms with Crippen LogP contribution < -0.4 is 0 Å². The number of rotatable bonds is 2. The molecule has 1 aromatic carbocycles. The summed E-state index contributed by atoms with van der Waals surface area (Å²) in [5.74, 6) is 0.995. The van der Waals surface area contributed by atoms with E-state index in [-0.39, 0.29) is 17.6 Å². The minimum absolute atomic E-state index is 0.109. The van der Waals surface area contributed by atoms with Gasteiger partial charge in [0.1, 0.15) is 11.6 Å². The molecule has 0 bridgehead atoms. The van der Waals surface area contributed by atoms with Crippen LogP contribution >= 0.6 is 0 Å². The van der Waals surface area contributed by atoms with Gasteiger partial charge in [0.05, 0.1) is 19.1 Å². The van der Waals surface area contributed by atoms with E-state index in [1.54, 1.807) is 12.1 Å². The van der Waals surface area contributed by atoms with Gasteiger partial charge in [-0.3, -0.25) is 4.79 Å². The van der Waals surface area contributed by atoms with E-state index in [1.165, 1.54) is 12.1 Å². The van der Waals surface area contributed by atoms with Crippen molar-refractivity contribution < 1.29 is 13.9 Å². The molecule has 0 spiro atoms. The van der Waals surface area contributed by atoms with Gasteiger partial charge in [-0.25, -0.2) is 4.39 Å². The van der Waals surface area contributed by atoms with Crippen molar-refractivity contribution in [2.75, 3.05) is 26.3 Å². The fourth-order valence-corrected chi connectivity index (χ4v) is 3.43. The molecule has 0 aliphatic carbocycles. The lowest BCUT2D eigenvalue weighted by atomic mass is 9.96. The third-order valence-corrected chi connectivity index (χ3v) is 4.69. The highest BCUT2D eigenvalue weighted by molar-refractivity contribution is 5.83. The zero-order valence-electron chi connectivity index (χ0n) is 13.3. The van der Waals surface area contributed by atoms with E-state index < -0.39 is 0 Å². The van der Waals surface area contributed by atoms with E-state index in [1.807, 2.05) is 9.47 Å². The second-order valence-electron chi connectivity index (χ2n) is 6.17. The highest BCUT2D eigenvalue weighted by Crippen LogP contribution is 2.31. The first-order valence-electron chi connectivity index (χ1n) is 8.29. The average Bonchev–Trinajstić information content (AvgIpc) is 3.07. The summed E-state index contributed by atoms with van der Waals surface area (Å²) in [5.41, 5.74) is 0.814. The minimum Gasteiger partial charge on any atom is -0.378 e. The number of fused-ring (bicyclic) bond motifs is 1. The molecule has 1 atom stereocenters. The fraction of sp³-hybridized carbons (Fsp3) is 0.471. The summed E-state index contributed by atoms with van der Waals surface area (Å²) in [6.07, 6.45) is 1.69. The molecule has 3 heterocycles. The number of carbonyl (C=O) groups is 1. The second-order valence-corrected chi connectivity index (χ2v) is 6.17. The maximum atomic E-state index is 13.1. The molecule has 1 fully saturated rings. The van der Waals surface area contributed by atoms with Gasteiger partial charge < -0.3 is 14.2 Å². The van der Waals surface area contributed by atoms with Gasteiger partial charge in [-0.2, -0.15) is 0 Å². The second kappa shape index (κ2) is 6.32. The lowest BCUT2D eigenvalue weighted by Gasteiger charge is -2.31. The number of ether oxygens (including phenoxy) is 1. The average molecular weight is 330 g/mol. The summed E-state index contributed by atoms with van der Waals surface area (Å²) in [4.78, 5) is 14.7. The van der Waals surface area contributed by atoms with Gasteiger partial charge >= 0.3 is 0 Å². The van der Waals surface area contributed by atoms with Crippen LogP contribution in [-0.4, -0.2) is 51.9 Å². The van der Waals surface area contributed by atoms with Crippen molar-refractivity contribution in [3.8, 4) is 11.4 Å². The van der Waals surface area contributed by atoms with Crippen LogP contribution in [-0.2, 0) is 16.1 Å². The topological polar surface area (TPSA) is 60.2 Å². The molecule has 1 aromatic heterocycles. The van der Waals surface area contributed by atoms with Crippen LogP contribution in [0.5, 0.6) is 0 Å². The largest absolute Gasteiger partial charge is 0.378 e. The standard InChI is InChI=1S/C17H19FN4O2/c18-13-5-3-12(4-6-13)15-19-20-16-14(2-1-7-22(15)16)17(23)21-8-10-24-11-9-21/h3-6,14H,1-2,7-11H2. The molecule has 0 N–H and O–H groups in total. The van der Waals surface area contributed by atoms with Gasteiger partial charge in [-0.05, 0) is 37.1 Å². The zero-order chi connectivity index (χ0) is 16.5. The van der Waals surface area contributed by atoms with E-state index in [9.17, 15) is 9.18 Å². The van der Waals surface area contributed by atoms with E-state index in [2.05, 4.69) is 10.2 Å². The first kappa shape index (κ1) is 15.3. The molecule has 7 heteroatoms. The Morgan fingerprint density at radius 1 is 1.12 bits per heavy atom. The van der Waals surface area contributed by atoms with Crippen LogP contribution in [0.1, 0.15) is 24.6 Å². The van der Waals surface area contributed by atoms with Crippen LogP contribution in [0.25, 0.3) is 11.4 Å². The highest BCUT2D eigenvalue weighted by atomic mass is 19.1. The number of benzene rings is 1. The fourth-order valence-electron chi connectivity index (χ4n) is 3.43. The lowest BCUT2D eigenvalue weighted by Crippen LogP contribution is -2.44. The molecular weight excluding hydrogens is 311 g/mol. The van der Waals surface area contributed by atoms with Crippen LogP contribution in [0.2, 0.25) is 0 Å². The molecule has 126 valence electrons. The van der Waals surface area contributed by atoms with Gasteiger partial charge in [-0.15, -0.1) is 10.2 Å². The maximum Gasteiger partial charge on any atom is 0.233 e. The molecular formula is C17H19FN4O2. The van der Waals surface area contributed by atoms with Crippen molar-refractivity contribution in [2.24, 2.45) is 0 Å². The molecule has 1 unspecified atom stereocenters. The third-order valence-electron chi connectivity index (χ3n) is 4.69. The molecule has 2 aliphatic rings. The highest BCUT2D eigenvalue weighted by Gasteiger charge is 2.34. The Labute approximate surface area is 139 Å². The smallest absolute Gasteiger partial charge is 0.233 e. The number of halogens is 1. The van der Waals surface area contributed by atoms with Crippen molar-refractivity contribution in [3.63, 3.8) is 0 Å². The number of amides is 1. The SMILES string of the molecule is O=C(C1CCCn2c(-c3ccc(F)cc3)nnc21)N1CCOCC1. The molecule has 2 aromatic rings. The van der Waals surface area contributed by atoms with Crippen molar-refractivity contribution in [2.45, 2.75) is 25.3 Å². The molecule has 24 heavy (non-hydrogen) atoms. The van der Waals surface area contributed by atoms with Crippen molar-refractivity contribution in [1.29, 1.82) is 0 Å². The summed E-state index contributed by atoms with van der Waals surface area (Å²) in [5, 5.41) is 8.56. The van der Waals surface area contributed by atoms with Gasteiger partial charge in [0, 0.05) is 25.2 Å². The Bertz CT molecular complexity index is 738. The molecule has 6 nitrogen and oxygen atoms in total. The number of carbonyl (C=O) groups excluding carboxylic acids is 1. The number of aromatic nitrogens is 3. The molecule has 4 rings (SSSR count). The third kappa shape index (κ3) is 2.69. The zero-order valence-corrected chi connectivity index (χ0v) is 13.3. The first-order valence-corrected chi connectivity index (χ1v) is 8.29. The van der Waals surface area contributed by atoms with E-state index in [4.69, 9.17) is 4.74 Å². The quantitative estimate of drug-likeness (QED) is 0.843. The Kier molecular flexibility index (Phi) is 4.02. The van der Waals surface area contributed by atoms with Gasteiger partial charge in [0.25, 0.3) is 0 Å². The Morgan fingerprint density at radius 2 is 1.88 bits per heavy atom. The number of hydrogen-bond acceptors (Lipinski definition) is 4. The van der Waals surface area contributed by atoms with Crippen molar-refractivity contribution >= 4 is 5.91 Å². The first-order chi connectivity index (χ1) is 11.7. The normalized spacial score (nSPS) is 20.7. The van der Waals surface area contributed by atoms with Crippen LogP contribution in [0.4, 0.5) is 4.39 Å². The van der Waals surface area contributed by atoms with Crippen LogP contribution in [0.3, 0.4) is 0 Å². The number of morpholine rings is 1. The Balaban J connectivity index is 1.64. The maximum absolute atomic E-state index is 13.1. The summed E-state index contributed by atoms with van der Waals surface area (Å²) < 4.78 is 20.5. The summed E-state index contributed by atoms with van der Waals surface area (Å²) in [6.45, 7) is 3.22. The summed E-state index contributed by atoms with van der Waals surface area (Å²) >= 11 is 0. The van der Waals surface area contributed by atoms with E-state index >= 15 is 0 Å². The molecule has 0 saturated carbocycles. The Hall–Kier alpha value is -2.28. The van der Waals surface area contributed by atoms with Gasteiger partial charge in [0.2, 0.25) is 5.91 Å². The van der Waals surface area contributed by atoms with Gasteiger partial charge in [-0.1, -0.05) is 0 Å². The number of hydrogen-bond donors (Lipinski definition) is 0. The van der Waals surface area contributed by atoms with Crippen LogP contribution in [0.15, 0.2) is 24.3 Å². The lowest BCUT2D eigenvalue weighted by molar-refractivity contribution is -0.137. The van der Waals surface area contributed by atoms with Crippen molar-refractivity contribution in [3.05, 3.63) is 35.9 Å². The Morgan fingerprint density at radius 3 is 2.62 bits per heavy atom. The van der Waals surface area contributed by atoms with Crippen molar-refractivity contribution in [1.82, 2.24) is 19.7 Å². The molecule has 0 radical (unpaired) electrons. The predicted molar refractivity (Wildman–Crippen MR) is 84.8 cm³/mol. The number of nitrogens with zero attached hydrogens (tertiary/aromatic N) is 4. The van der Waals surface area contributed by atoms with E-state index in [0.717, 1.165) is 30.8 Å². The summed E-state index contributed by atoms with van der Waals surface area (Å²) in [6, 6.07) is 6.21. The monoisotopic (exact) mass is 330 g/mol. The van der Waals surface area contributed by atoms with Gasteiger partial charge in [0.15, 0.2) is 5.82 Å². The molecule has 2 aliphatic heterocycles.